The maximum Gasteiger partial charge on any atom is 0.332 e. The van der Waals surface area contributed by atoms with Crippen LogP contribution in [0.25, 0.3) is 10.9 Å². The van der Waals surface area contributed by atoms with E-state index in [2.05, 4.69) is 11.1 Å². The summed E-state index contributed by atoms with van der Waals surface area (Å²) >= 11 is 0. The van der Waals surface area contributed by atoms with Crippen LogP contribution in [0.3, 0.4) is 0 Å². The Hall–Kier alpha value is -3.28. The van der Waals surface area contributed by atoms with Crippen LogP contribution in [0.1, 0.15) is 25.1 Å². The Morgan fingerprint density at radius 2 is 1.86 bits per heavy atom. The summed E-state index contributed by atoms with van der Waals surface area (Å²) in [5.74, 6) is 0.487. The summed E-state index contributed by atoms with van der Waals surface area (Å²) in [4.78, 5) is 33.1. The Balaban J connectivity index is 1.61. The van der Waals surface area contributed by atoms with Crippen molar-refractivity contribution in [1.82, 2.24) is 9.88 Å². The molecule has 0 bridgehead atoms. The number of carbonyl (C=O) groups excluding carboxylic acids is 2. The van der Waals surface area contributed by atoms with Gasteiger partial charge in [0.05, 0.1) is 18.0 Å². The number of nitrogens with one attached hydrogen (secondary N) is 1. The number of fused-ring (bicyclic) bond motifs is 5. The first kappa shape index (κ1) is 16.9. The third kappa shape index (κ3) is 2.08. The average molecular weight is 375 g/mol. The minimum atomic E-state index is -1.03. The Bertz CT molecular complexity index is 1100. The van der Waals surface area contributed by atoms with E-state index in [4.69, 9.17) is 4.74 Å². The van der Waals surface area contributed by atoms with Crippen molar-refractivity contribution in [3.8, 4) is 5.75 Å². The number of aromatic nitrogens is 1. The van der Waals surface area contributed by atoms with Gasteiger partial charge in [-0.3, -0.25) is 4.79 Å². The molecule has 1 fully saturated rings. The second kappa shape index (κ2) is 5.86. The van der Waals surface area contributed by atoms with Crippen LogP contribution in [0.5, 0.6) is 5.75 Å². The van der Waals surface area contributed by atoms with Gasteiger partial charge in [0, 0.05) is 17.4 Å². The molecular weight excluding hydrogens is 354 g/mol. The lowest BCUT2D eigenvalue weighted by atomic mass is 9.87. The van der Waals surface area contributed by atoms with E-state index in [-0.39, 0.29) is 11.9 Å². The molecule has 1 saturated heterocycles. The van der Waals surface area contributed by atoms with Crippen LogP contribution < -0.4 is 9.64 Å². The molecule has 2 aliphatic heterocycles. The van der Waals surface area contributed by atoms with Crippen LogP contribution in [0.15, 0.2) is 48.5 Å². The van der Waals surface area contributed by atoms with Crippen molar-refractivity contribution in [3.63, 3.8) is 0 Å². The molecule has 6 heteroatoms. The lowest BCUT2D eigenvalue weighted by Gasteiger charge is -2.35. The number of aromatic amines is 1. The molecule has 2 aromatic carbocycles. The van der Waals surface area contributed by atoms with Crippen LogP contribution in [0, 0.1) is 0 Å². The Kier molecular flexibility index (Phi) is 3.53. The minimum absolute atomic E-state index is 0.228. The van der Waals surface area contributed by atoms with Gasteiger partial charge in [-0.2, -0.15) is 0 Å². The maximum absolute atomic E-state index is 13.5. The van der Waals surface area contributed by atoms with Gasteiger partial charge < -0.3 is 14.6 Å². The lowest BCUT2D eigenvalue weighted by Crippen LogP contribution is -2.49. The van der Waals surface area contributed by atoms with E-state index in [1.807, 2.05) is 32.0 Å². The number of rotatable bonds is 3. The SMILES string of the molecule is CCOc1ccc(N2C(=O)N3CCc4c([nH]c5ccccc45)[C@]3(C)C2=O)cc1. The van der Waals surface area contributed by atoms with Crippen molar-refractivity contribution in [2.75, 3.05) is 18.1 Å². The summed E-state index contributed by atoms with van der Waals surface area (Å²) in [6.45, 7) is 4.84. The van der Waals surface area contributed by atoms with Crippen molar-refractivity contribution in [3.05, 3.63) is 59.8 Å². The molecule has 3 heterocycles. The molecular formula is C22H21N3O3. The molecule has 1 atom stereocenters. The number of anilines is 1. The average Bonchev–Trinajstić information content (AvgIpc) is 3.18. The summed E-state index contributed by atoms with van der Waals surface area (Å²) in [7, 11) is 0. The second-order valence-electron chi connectivity index (χ2n) is 7.35. The highest BCUT2D eigenvalue weighted by Crippen LogP contribution is 2.45. The highest BCUT2D eigenvalue weighted by molar-refractivity contribution is 6.23. The van der Waals surface area contributed by atoms with Crippen molar-refractivity contribution >= 4 is 28.5 Å². The zero-order chi connectivity index (χ0) is 19.5. The highest BCUT2D eigenvalue weighted by Gasteiger charge is 2.58. The molecule has 3 aromatic rings. The Morgan fingerprint density at radius 3 is 2.61 bits per heavy atom. The van der Waals surface area contributed by atoms with Crippen LogP contribution >= 0.6 is 0 Å². The van der Waals surface area contributed by atoms with Crippen LogP contribution in [-0.4, -0.2) is 35.0 Å². The zero-order valence-corrected chi connectivity index (χ0v) is 15.9. The normalized spacial score (nSPS) is 21.2. The Labute approximate surface area is 162 Å². The number of benzene rings is 2. The van der Waals surface area contributed by atoms with Gasteiger partial charge in [0.25, 0.3) is 5.91 Å². The highest BCUT2D eigenvalue weighted by atomic mass is 16.5. The van der Waals surface area contributed by atoms with Crippen molar-refractivity contribution in [1.29, 1.82) is 0 Å². The van der Waals surface area contributed by atoms with Gasteiger partial charge in [-0.15, -0.1) is 0 Å². The third-order valence-corrected chi connectivity index (χ3v) is 5.87. The van der Waals surface area contributed by atoms with E-state index in [1.54, 1.807) is 29.2 Å². The summed E-state index contributed by atoms with van der Waals surface area (Å²) in [5.41, 5.74) is 2.49. The number of urea groups is 1. The predicted molar refractivity (Wildman–Crippen MR) is 107 cm³/mol. The smallest absolute Gasteiger partial charge is 0.332 e. The molecule has 0 saturated carbocycles. The van der Waals surface area contributed by atoms with Crippen LogP contribution in [-0.2, 0) is 16.8 Å². The van der Waals surface area contributed by atoms with E-state index in [9.17, 15) is 9.59 Å². The van der Waals surface area contributed by atoms with Gasteiger partial charge in [-0.05, 0) is 56.2 Å². The molecule has 28 heavy (non-hydrogen) atoms. The molecule has 2 aliphatic rings. The number of carbonyl (C=O) groups is 2. The first-order chi connectivity index (χ1) is 13.6. The van der Waals surface area contributed by atoms with E-state index in [0.717, 1.165) is 28.6 Å². The van der Waals surface area contributed by atoms with Gasteiger partial charge in [-0.1, -0.05) is 18.2 Å². The summed E-state index contributed by atoms with van der Waals surface area (Å²) < 4.78 is 5.47. The molecule has 0 unspecified atom stereocenters. The number of hydrogen-bond acceptors (Lipinski definition) is 3. The van der Waals surface area contributed by atoms with Crippen molar-refractivity contribution in [2.24, 2.45) is 0 Å². The first-order valence-corrected chi connectivity index (χ1v) is 9.54. The minimum Gasteiger partial charge on any atom is -0.494 e. The predicted octanol–water partition coefficient (Wildman–Crippen LogP) is 3.81. The topological polar surface area (TPSA) is 65.6 Å². The fraction of sp³-hybridized carbons (Fsp3) is 0.273. The molecule has 0 aliphatic carbocycles. The maximum atomic E-state index is 13.5. The van der Waals surface area contributed by atoms with Gasteiger partial charge in [0.15, 0.2) is 5.54 Å². The molecule has 0 radical (unpaired) electrons. The van der Waals surface area contributed by atoms with Crippen molar-refractivity contribution in [2.45, 2.75) is 25.8 Å². The number of para-hydroxylation sites is 1. The van der Waals surface area contributed by atoms with Crippen molar-refractivity contribution < 1.29 is 14.3 Å². The summed E-state index contributed by atoms with van der Waals surface area (Å²) in [6, 6.07) is 14.9. The summed E-state index contributed by atoms with van der Waals surface area (Å²) in [6.07, 6.45) is 0.727. The molecule has 6 nitrogen and oxygen atoms in total. The number of amides is 3. The van der Waals surface area contributed by atoms with E-state index < -0.39 is 5.54 Å². The van der Waals surface area contributed by atoms with E-state index in [1.165, 1.54) is 4.90 Å². The molecule has 3 amide bonds. The third-order valence-electron chi connectivity index (χ3n) is 5.87. The van der Waals surface area contributed by atoms with Crippen LogP contribution in [0.2, 0.25) is 0 Å². The fourth-order valence-electron chi connectivity index (χ4n) is 4.48. The van der Waals surface area contributed by atoms with Gasteiger partial charge in [0.2, 0.25) is 0 Å². The van der Waals surface area contributed by atoms with Crippen LogP contribution in [0.4, 0.5) is 10.5 Å². The summed E-state index contributed by atoms with van der Waals surface area (Å²) in [5, 5.41) is 1.12. The largest absolute Gasteiger partial charge is 0.494 e. The molecule has 1 N–H and O–H groups in total. The number of imide groups is 1. The van der Waals surface area contributed by atoms with E-state index in [0.29, 0.717) is 24.6 Å². The molecule has 142 valence electrons. The zero-order valence-electron chi connectivity index (χ0n) is 15.9. The standard InChI is InChI=1S/C22H21N3O3/c1-3-28-15-10-8-14(9-11-15)25-20(26)22(2)19-17(12-13-24(22)21(25)27)16-6-4-5-7-18(16)23-19/h4-11,23H,3,12-13H2,1-2H3/t22-/m1/s1. The Morgan fingerprint density at radius 1 is 1.11 bits per heavy atom. The molecule has 0 spiro atoms. The van der Waals surface area contributed by atoms with Gasteiger partial charge in [0.1, 0.15) is 5.75 Å². The first-order valence-electron chi connectivity index (χ1n) is 9.54. The number of H-pyrrole nitrogens is 1. The van der Waals surface area contributed by atoms with Gasteiger partial charge >= 0.3 is 6.03 Å². The lowest BCUT2D eigenvalue weighted by molar-refractivity contribution is -0.125. The van der Waals surface area contributed by atoms with Gasteiger partial charge in [-0.25, -0.2) is 9.69 Å². The second-order valence-corrected chi connectivity index (χ2v) is 7.35. The quantitative estimate of drug-likeness (QED) is 0.708. The van der Waals surface area contributed by atoms with E-state index >= 15 is 0 Å². The number of hydrogen-bond donors (Lipinski definition) is 1. The monoisotopic (exact) mass is 375 g/mol. The molecule has 1 aromatic heterocycles. The number of ether oxygens (including phenoxy) is 1. The molecule has 5 rings (SSSR count). The number of nitrogens with zero attached hydrogens (tertiary/aromatic N) is 2. The fourth-order valence-corrected chi connectivity index (χ4v) is 4.48.